The predicted molar refractivity (Wildman–Crippen MR) is 79.4 cm³/mol. The molecular formula is C14H24N2O3S. The molecule has 2 aliphatic rings. The van der Waals surface area contributed by atoms with E-state index < -0.39 is 0 Å². The van der Waals surface area contributed by atoms with Gasteiger partial charge >= 0.3 is 5.97 Å². The number of likely N-dealkylation sites (tertiary alicyclic amines) is 1. The summed E-state index contributed by atoms with van der Waals surface area (Å²) in [6, 6.07) is -0.255. The fourth-order valence-corrected chi connectivity index (χ4v) is 4.28. The summed E-state index contributed by atoms with van der Waals surface area (Å²) in [6.07, 6.45) is 1.95. The van der Waals surface area contributed by atoms with Crippen molar-refractivity contribution < 1.29 is 14.3 Å². The van der Waals surface area contributed by atoms with Crippen LogP contribution in [0.5, 0.6) is 0 Å². The molecule has 1 N–H and O–H groups in total. The van der Waals surface area contributed by atoms with Crippen LogP contribution in [0.4, 0.5) is 0 Å². The molecule has 0 aromatic heterocycles. The van der Waals surface area contributed by atoms with Crippen LogP contribution in [-0.2, 0) is 14.3 Å². The van der Waals surface area contributed by atoms with Gasteiger partial charge in [-0.25, -0.2) is 0 Å². The fraction of sp³-hybridized carbons (Fsp3) is 0.857. The monoisotopic (exact) mass is 300 g/mol. The van der Waals surface area contributed by atoms with E-state index in [1.807, 2.05) is 25.7 Å². The lowest BCUT2D eigenvalue weighted by atomic mass is 9.92. The second kappa shape index (κ2) is 5.56. The Balaban J connectivity index is 2.04. The lowest BCUT2D eigenvalue weighted by Crippen LogP contribution is -2.57. The van der Waals surface area contributed by atoms with Gasteiger partial charge in [0.15, 0.2) is 0 Å². The van der Waals surface area contributed by atoms with E-state index in [1.165, 1.54) is 7.11 Å². The van der Waals surface area contributed by atoms with Crippen LogP contribution in [0, 0.1) is 5.41 Å². The van der Waals surface area contributed by atoms with E-state index in [2.05, 4.69) is 5.32 Å². The summed E-state index contributed by atoms with van der Waals surface area (Å²) in [4.78, 5) is 25.8. The molecule has 0 saturated carbocycles. The smallest absolute Gasteiger partial charge is 0.323 e. The van der Waals surface area contributed by atoms with E-state index >= 15 is 0 Å². The van der Waals surface area contributed by atoms with Crippen LogP contribution in [0.25, 0.3) is 0 Å². The highest BCUT2D eigenvalue weighted by Crippen LogP contribution is 2.39. The summed E-state index contributed by atoms with van der Waals surface area (Å²) in [5, 5.41) is 3.39. The number of carbonyl (C=O) groups excluding carboxylic acids is 2. The average molecular weight is 300 g/mol. The van der Waals surface area contributed by atoms with Gasteiger partial charge in [-0.3, -0.25) is 14.9 Å². The number of methoxy groups -OCH3 is 1. The van der Waals surface area contributed by atoms with Crippen molar-refractivity contribution in [2.24, 2.45) is 5.41 Å². The number of piperidine rings is 1. The Morgan fingerprint density at radius 2 is 2.10 bits per heavy atom. The Kier molecular flexibility index (Phi) is 4.35. The number of carbonyl (C=O) groups is 2. The van der Waals surface area contributed by atoms with Crippen molar-refractivity contribution in [3.05, 3.63) is 0 Å². The molecule has 1 spiro atoms. The van der Waals surface area contributed by atoms with Gasteiger partial charge in [-0.05, 0) is 12.8 Å². The summed E-state index contributed by atoms with van der Waals surface area (Å²) in [7, 11) is 1.41. The lowest BCUT2D eigenvalue weighted by molar-refractivity contribution is -0.143. The molecular weight excluding hydrogens is 276 g/mol. The fourth-order valence-electron chi connectivity index (χ4n) is 2.82. The molecule has 20 heavy (non-hydrogen) atoms. The van der Waals surface area contributed by atoms with Gasteiger partial charge in [-0.15, -0.1) is 11.8 Å². The zero-order valence-electron chi connectivity index (χ0n) is 12.7. The zero-order valence-corrected chi connectivity index (χ0v) is 13.5. The van der Waals surface area contributed by atoms with Crippen molar-refractivity contribution in [2.75, 3.05) is 26.0 Å². The van der Waals surface area contributed by atoms with Gasteiger partial charge in [-0.1, -0.05) is 20.8 Å². The largest absolute Gasteiger partial charge is 0.468 e. The minimum atomic E-state index is -0.358. The molecule has 2 rings (SSSR count). The van der Waals surface area contributed by atoms with Gasteiger partial charge < -0.3 is 9.64 Å². The highest BCUT2D eigenvalue weighted by molar-refractivity contribution is 8.01. The molecule has 2 aliphatic heterocycles. The van der Waals surface area contributed by atoms with E-state index in [-0.39, 0.29) is 28.2 Å². The maximum absolute atomic E-state index is 12.4. The molecule has 2 saturated heterocycles. The third-order valence-corrected chi connectivity index (χ3v) is 5.34. The Labute approximate surface area is 124 Å². The maximum Gasteiger partial charge on any atom is 0.323 e. The summed E-state index contributed by atoms with van der Waals surface area (Å²) >= 11 is 1.74. The highest BCUT2D eigenvalue weighted by atomic mass is 32.2. The molecule has 5 nitrogen and oxygen atoms in total. The molecule has 0 bridgehead atoms. The molecule has 0 radical (unpaired) electrons. The Hall–Kier alpha value is -0.750. The molecule has 0 aromatic rings. The molecule has 1 amide bonds. The first kappa shape index (κ1) is 15.6. The second-order valence-corrected chi connectivity index (χ2v) is 8.01. The van der Waals surface area contributed by atoms with Crippen LogP contribution in [0.3, 0.4) is 0 Å². The van der Waals surface area contributed by atoms with Crippen LogP contribution in [0.1, 0.15) is 33.6 Å². The number of hydrogen-bond acceptors (Lipinski definition) is 5. The summed E-state index contributed by atoms with van der Waals surface area (Å²) < 4.78 is 4.80. The minimum Gasteiger partial charge on any atom is -0.468 e. The summed E-state index contributed by atoms with van der Waals surface area (Å²) in [6.45, 7) is 7.32. The third kappa shape index (κ3) is 3.11. The number of amides is 1. The minimum absolute atomic E-state index is 0.181. The second-order valence-electron chi connectivity index (χ2n) is 6.61. The number of rotatable bonds is 1. The van der Waals surface area contributed by atoms with Crippen molar-refractivity contribution in [3.8, 4) is 0 Å². The van der Waals surface area contributed by atoms with Gasteiger partial charge in [0.1, 0.15) is 6.04 Å². The van der Waals surface area contributed by atoms with Crippen molar-refractivity contribution in [1.29, 1.82) is 0 Å². The highest BCUT2D eigenvalue weighted by Gasteiger charge is 2.46. The molecule has 114 valence electrons. The first-order chi connectivity index (χ1) is 9.27. The van der Waals surface area contributed by atoms with Crippen LogP contribution < -0.4 is 5.32 Å². The van der Waals surface area contributed by atoms with E-state index in [0.717, 1.165) is 19.4 Å². The van der Waals surface area contributed by atoms with Crippen molar-refractivity contribution in [1.82, 2.24) is 10.2 Å². The average Bonchev–Trinajstić information content (AvgIpc) is 2.79. The maximum atomic E-state index is 12.4. The quantitative estimate of drug-likeness (QED) is 0.738. The topological polar surface area (TPSA) is 58.6 Å². The van der Waals surface area contributed by atoms with Gasteiger partial charge in [0.05, 0.1) is 12.0 Å². The first-order valence-electron chi connectivity index (χ1n) is 7.06. The van der Waals surface area contributed by atoms with E-state index in [0.29, 0.717) is 12.3 Å². The Morgan fingerprint density at radius 1 is 1.40 bits per heavy atom. The Bertz CT molecular complexity index is 408. The number of ether oxygens (including phenoxy) is 1. The van der Waals surface area contributed by atoms with Crippen LogP contribution >= 0.6 is 11.8 Å². The molecule has 2 fully saturated rings. The van der Waals surface area contributed by atoms with Gasteiger partial charge in [0.25, 0.3) is 0 Å². The van der Waals surface area contributed by atoms with Crippen molar-refractivity contribution >= 4 is 23.6 Å². The molecule has 1 unspecified atom stereocenters. The summed E-state index contributed by atoms with van der Waals surface area (Å²) in [5.41, 5.74) is -0.358. The molecule has 6 heteroatoms. The summed E-state index contributed by atoms with van der Waals surface area (Å²) in [5.74, 6) is 0.679. The normalized spacial score (nSPS) is 30.6. The number of esters is 1. The molecule has 0 aliphatic carbocycles. The van der Waals surface area contributed by atoms with Gasteiger partial charge in [0.2, 0.25) is 5.91 Å². The van der Waals surface area contributed by atoms with Crippen molar-refractivity contribution in [3.63, 3.8) is 0 Å². The van der Waals surface area contributed by atoms with Gasteiger partial charge in [-0.2, -0.15) is 0 Å². The standard InChI is InChI=1S/C14H24N2O3S/c1-13(2,3)12(18)16-7-5-6-14(9-16)15-10(8-20-14)11(17)19-4/h10,15H,5-9H2,1-4H3/t10-,14?/m0/s1. The third-order valence-electron chi connectivity index (χ3n) is 3.83. The van der Waals surface area contributed by atoms with Crippen LogP contribution in [-0.4, -0.2) is 53.6 Å². The molecule has 2 atom stereocenters. The molecule has 2 heterocycles. The predicted octanol–water partition coefficient (Wildman–Crippen LogP) is 1.23. The zero-order chi connectivity index (χ0) is 15.0. The number of thioether (sulfide) groups is 1. The lowest BCUT2D eigenvalue weighted by Gasteiger charge is -2.42. The van der Waals surface area contributed by atoms with E-state index in [1.54, 1.807) is 11.8 Å². The number of nitrogens with zero attached hydrogens (tertiary/aromatic N) is 1. The van der Waals surface area contributed by atoms with Crippen LogP contribution in [0.15, 0.2) is 0 Å². The number of nitrogens with one attached hydrogen (secondary N) is 1. The molecule has 0 aromatic carbocycles. The SMILES string of the molecule is COC(=O)[C@@H]1CSC2(CCCN(C(=O)C(C)(C)C)C2)N1. The van der Waals surface area contributed by atoms with Gasteiger partial charge in [0, 0.05) is 24.3 Å². The van der Waals surface area contributed by atoms with E-state index in [9.17, 15) is 9.59 Å². The Morgan fingerprint density at radius 3 is 2.70 bits per heavy atom. The first-order valence-corrected chi connectivity index (χ1v) is 8.05. The van der Waals surface area contributed by atoms with E-state index in [4.69, 9.17) is 4.74 Å². The van der Waals surface area contributed by atoms with Crippen LogP contribution in [0.2, 0.25) is 0 Å². The number of hydrogen-bond donors (Lipinski definition) is 1. The van der Waals surface area contributed by atoms with Crippen molar-refractivity contribution in [2.45, 2.75) is 44.5 Å².